The molecule has 1 amide bonds. The Balaban J connectivity index is 2.35. The number of carbonyl (C=O) groups excluding carboxylic acids is 1. The van der Waals surface area contributed by atoms with Crippen molar-refractivity contribution in [2.24, 2.45) is 0 Å². The first kappa shape index (κ1) is 12.5. The molecule has 1 N–H and O–H groups in total. The van der Waals surface area contributed by atoms with Gasteiger partial charge in [0.25, 0.3) is 0 Å². The standard InChI is InChI=1S/C12H23NO2/c1-2-3-8-12(15)13(9-5-10-14)11-6-4-7-11/h11,14H,2-10H2,1H3. The summed E-state index contributed by atoms with van der Waals surface area (Å²) in [6.45, 7) is 3.03. The molecule has 0 saturated heterocycles. The number of unbranched alkanes of at least 4 members (excludes halogenated alkanes) is 1. The summed E-state index contributed by atoms with van der Waals surface area (Å²) in [4.78, 5) is 13.9. The molecule has 1 saturated carbocycles. The van der Waals surface area contributed by atoms with Crippen LogP contribution in [0.4, 0.5) is 0 Å². The molecule has 1 aliphatic carbocycles. The Bertz CT molecular complexity index is 190. The quantitative estimate of drug-likeness (QED) is 0.702. The summed E-state index contributed by atoms with van der Waals surface area (Å²) in [6, 6.07) is 0.473. The minimum atomic E-state index is 0.185. The van der Waals surface area contributed by atoms with Gasteiger partial charge >= 0.3 is 0 Å². The first-order chi connectivity index (χ1) is 7.29. The maximum Gasteiger partial charge on any atom is 0.222 e. The lowest BCUT2D eigenvalue weighted by Crippen LogP contribution is -2.44. The van der Waals surface area contributed by atoms with Crippen LogP contribution in [0.5, 0.6) is 0 Å². The molecule has 0 spiro atoms. The van der Waals surface area contributed by atoms with Crippen LogP contribution in [0, 0.1) is 0 Å². The fourth-order valence-corrected chi connectivity index (χ4v) is 1.92. The number of hydrogen-bond donors (Lipinski definition) is 1. The van der Waals surface area contributed by atoms with Crippen molar-refractivity contribution in [3.8, 4) is 0 Å². The van der Waals surface area contributed by atoms with Crippen molar-refractivity contribution in [3.05, 3.63) is 0 Å². The Morgan fingerprint density at radius 3 is 2.60 bits per heavy atom. The summed E-state index contributed by atoms with van der Waals surface area (Å²) in [5.41, 5.74) is 0. The molecule has 88 valence electrons. The number of carbonyl (C=O) groups is 1. The molecular formula is C12H23NO2. The molecule has 0 bridgehead atoms. The Morgan fingerprint density at radius 1 is 1.40 bits per heavy atom. The lowest BCUT2D eigenvalue weighted by Gasteiger charge is -2.37. The zero-order chi connectivity index (χ0) is 11.1. The molecule has 1 aliphatic rings. The Labute approximate surface area is 92.5 Å². The second-order valence-electron chi connectivity index (χ2n) is 4.35. The largest absolute Gasteiger partial charge is 0.396 e. The van der Waals surface area contributed by atoms with Gasteiger partial charge in [0, 0.05) is 25.6 Å². The molecule has 0 unspecified atom stereocenters. The van der Waals surface area contributed by atoms with Gasteiger partial charge < -0.3 is 10.0 Å². The van der Waals surface area contributed by atoms with Crippen molar-refractivity contribution in [3.63, 3.8) is 0 Å². The van der Waals surface area contributed by atoms with Crippen LogP contribution in [0.25, 0.3) is 0 Å². The third-order valence-electron chi connectivity index (χ3n) is 3.14. The van der Waals surface area contributed by atoms with E-state index in [2.05, 4.69) is 6.92 Å². The smallest absolute Gasteiger partial charge is 0.222 e. The zero-order valence-electron chi connectivity index (χ0n) is 9.74. The van der Waals surface area contributed by atoms with Crippen LogP contribution >= 0.6 is 0 Å². The van der Waals surface area contributed by atoms with Crippen LogP contribution < -0.4 is 0 Å². The number of hydrogen-bond acceptors (Lipinski definition) is 2. The van der Waals surface area contributed by atoms with Crippen molar-refractivity contribution in [2.45, 2.75) is 57.9 Å². The van der Waals surface area contributed by atoms with E-state index in [1.54, 1.807) is 0 Å². The van der Waals surface area contributed by atoms with Crippen molar-refractivity contribution >= 4 is 5.91 Å². The summed E-state index contributed by atoms with van der Waals surface area (Å²) >= 11 is 0. The summed E-state index contributed by atoms with van der Waals surface area (Å²) in [7, 11) is 0. The van der Waals surface area contributed by atoms with E-state index in [0.717, 1.165) is 32.2 Å². The van der Waals surface area contributed by atoms with Gasteiger partial charge in [0.2, 0.25) is 5.91 Å². The van der Waals surface area contributed by atoms with Gasteiger partial charge in [-0.2, -0.15) is 0 Å². The number of rotatable bonds is 7. The predicted molar refractivity (Wildman–Crippen MR) is 60.6 cm³/mol. The molecular weight excluding hydrogens is 190 g/mol. The van der Waals surface area contributed by atoms with Gasteiger partial charge in [-0.05, 0) is 32.1 Å². The third kappa shape index (κ3) is 3.82. The highest BCUT2D eigenvalue weighted by Crippen LogP contribution is 2.25. The van der Waals surface area contributed by atoms with Gasteiger partial charge in [-0.15, -0.1) is 0 Å². The topological polar surface area (TPSA) is 40.5 Å². The minimum Gasteiger partial charge on any atom is -0.396 e. The normalized spacial score (nSPS) is 16.1. The second kappa shape index (κ2) is 6.83. The average Bonchev–Trinajstić information content (AvgIpc) is 2.17. The van der Waals surface area contributed by atoms with Gasteiger partial charge in [0.05, 0.1) is 0 Å². The second-order valence-corrected chi connectivity index (χ2v) is 4.35. The molecule has 1 fully saturated rings. The molecule has 0 aliphatic heterocycles. The Hall–Kier alpha value is -0.570. The first-order valence-corrected chi connectivity index (χ1v) is 6.20. The highest BCUT2D eigenvalue weighted by Gasteiger charge is 2.27. The number of aliphatic hydroxyl groups is 1. The van der Waals surface area contributed by atoms with Crippen molar-refractivity contribution in [1.82, 2.24) is 4.90 Å². The van der Waals surface area contributed by atoms with E-state index < -0.39 is 0 Å². The van der Waals surface area contributed by atoms with Gasteiger partial charge in [-0.25, -0.2) is 0 Å². The van der Waals surface area contributed by atoms with E-state index in [9.17, 15) is 4.79 Å². The number of aliphatic hydroxyl groups excluding tert-OH is 1. The van der Waals surface area contributed by atoms with Gasteiger partial charge in [0.15, 0.2) is 0 Å². The first-order valence-electron chi connectivity index (χ1n) is 6.20. The van der Waals surface area contributed by atoms with E-state index >= 15 is 0 Å². The molecule has 0 heterocycles. The summed E-state index contributed by atoms with van der Waals surface area (Å²) in [5.74, 6) is 0.287. The van der Waals surface area contributed by atoms with E-state index in [1.165, 1.54) is 6.42 Å². The SMILES string of the molecule is CCCCC(=O)N(CCCO)C1CCC1. The Morgan fingerprint density at radius 2 is 2.13 bits per heavy atom. The van der Waals surface area contributed by atoms with Crippen LogP contribution in [0.3, 0.4) is 0 Å². The van der Waals surface area contributed by atoms with Crippen LogP contribution in [0.2, 0.25) is 0 Å². The van der Waals surface area contributed by atoms with Crippen molar-refractivity contribution in [1.29, 1.82) is 0 Å². The highest BCUT2D eigenvalue weighted by atomic mass is 16.3. The van der Waals surface area contributed by atoms with E-state index in [0.29, 0.717) is 18.9 Å². The van der Waals surface area contributed by atoms with Gasteiger partial charge in [-0.3, -0.25) is 4.79 Å². The predicted octanol–water partition coefficient (Wildman–Crippen LogP) is 1.94. The highest BCUT2D eigenvalue weighted by molar-refractivity contribution is 5.76. The molecule has 3 heteroatoms. The van der Waals surface area contributed by atoms with Crippen molar-refractivity contribution in [2.75, 3.05) is 13.2 Å². The molecule has 15 heavy (non-hydrogen) atoms. The molecule has 0 atom stereocenters. The Kier molecular flexibility index (Phi) is 5.69. The molecule has 0 aromatic heterocycles. The average molecular weight is 213 g/mol. The minimum absolute atomic E-state index is 0.185. The van der Waals surface area contributed by atoms with Crippen LogP contribution in [0.15, 0.2) is 0 Å². The van der Waals surface area contributed by atoms with Gasteiger partial charge in [-0.1, -0.05) is 13.3 Å². The summed E-state index contributed by atoms with van der Waals surface area (Å²) < 4.78 is 0. The van der Waals surface area contributed by atoms with Crippen molar-refractivity contribution < 1.29 is 9.90 Å². The third-order valence-corrected chi connectivity index (χ3v) is 3.14. The van der Waals surface area contributed by atoms with Crippen LogP contribution in [-0.2, 0) is 4.79 Å². The van der Waals surface area contributed by atoms with Crippen LogP contribution in [0.1, 0.15) is 51.9 Å². The van der Waals surface area contributed by atoms with E-state index in [1.807, 2.05) is 4.90 Å². The van der Waals surface area contributed by atoms with Crippen LogP contribution in [-0.4, -0.2) is 35.1 Å². The van der Waals surface area contributed by atoms with E-state index in [-0.39, 0.29) is 12.5 Å². The maximum absolute atomic E-state index is 11.9. The monoisotopic (exact) mass is 213 g/mol. The maximum atomic E-state index is 11.9. The fraction of sp³-hybridized carbons (Fsp3) is 0.917. The van der Waals surface area contributed by atoms with E-state index in [4.69, 9.17) is 5.11 Å². The summed E-state index contributed by atoms with van der Waals surface area (Å²) in [5, 5.41) is 8.81. The summed E-state index contributed by atoms with van der Waals surface area (Å²) in [6.07, 6.45) is 7.02. The number of amides is 1. The lowest BCUT2D eigenvalue weighted by molar-refractivity contribution is -0.135. The lowest BCUT2D eigenvalue weighted by atomic mass is 9.91. The molecule has 3 nitrogen and oxygen atoms in total. The number of nitrogens with zero attached hydrogens (tertiary/aromatic N) is 1. The van der Waals surface area contributed by atoms with Gasteiger partial charge in [0.1, 0.15) is 0 Å². The molecule has 1 rings (SSSR count). The molecule has 0 radical (unpaired) electrons. The molecule has 0 aromatic carbocycles. The zero-order valence-corrected chi connectivity index (χ0v) is 9.74. The fourth-order valence-electron chi connectivity index (χ4n) is 1.92. The molecule has 0 aromatic rings.